The minimum atomic E-state index is -0.463. The third kappa shape index (κ3) is 6.02. The summed E-state index contributed by atoms with van der Waals surface area (Å²) < 4.78 is 7.81. The predicted molar refractivity (Wildman–Crippen MR) is 140 cm³/mol. The molecular weight excluding hydrogens is 538 g/mol. The summed E-state index contributed by atoms with van der Waals surface area (Å²) in [6.07, 6.45) is 1.50. The van der Waals surface area contributed by atoms with Crippen LogP contribution in [0, 0.1) is 0 Å². The fourth-order valence-electron chi connectivity index (χ4n) is 3.07. The molecule has 6 nitrogen and oxygen atoms in total. The number of hydrogen-bond acceptors (Lipinski definition) is 5. The number of amides is 2. The van der Waals surface area contributed by atoms with Crippen LogP contribution in [0.2, 0.25) is 5.02 Å². The zero-order valence-electron chi connectivity index (χ0n) is 17.8. The first-order valence-electron chi connectivity index (χ1n) is 10.2. The van der Waals surface area contributed by atoms with E-state index >= 15 is 0 Å². The first-order valence-corrected chi connectivity index (χ1v) is 12.2. The standard InChI is InChI=1S/C25H19BrClN3O3S/c26-18-11-9-16(10-12-18)15-33-20-7-3-1-5-17(20)13-29-30-22(31)14-28-25(32)24-23(27)19-6-2-4-8-21(19)34-24/h1-13H,14-15H2,(H,28,32)(H,30,31). The SMILES string of the molecule is O=C(CNC(=O)c1sc2ccccc2c1Cl)NN=Cc1ccccc1OCc1ccc(Br)cc1. The van der Waals surface area contributed by atoms with Gasteiger partial charge in [-0.3, -0.25) is 9.59 Å². The quantitative estimate of drug-likeness (QED) is 0.213. The number of ether oxygens (including phenoxy) is 1. The maximum absolute atomic E-state index is 12.5. The van der Waals surface area contributed by atoms with Crippen molar-refractivity contribution in [2.45, 2.75) is 6.61 Å². The molecule has 9 heteroatoms. The van der Waals surface area contributed by atoms with Crippen molar-refractivity contribution in [1.29, 1.82) is 0 Å². The van der Waals surface area contributed by atoms with Crippen LogP contribution in [0.1, 0.15) is 20.8 Å². The number of rotatable bonds is 8. The number of nitrogens with one attached hydrogen (secondary N) is 2. The number of carbonyl (C=O) groups is 2. The van der Waals surface area contributed by atoms with Gasteiger partial charge in [-0.1, -0.05) is 70.0 Å². The van der Waals surface area contributed by atoms with Crippen molar-refractivity contribution in [1.82, 2.24) is 10.7 Å². The van der Waals surface area contributed by atoms with Crippen LogP contribution in [-0.2, 0) is 11.4 Å². The Kier molecular flexibility index (Phi) is 7.95. The van der Waals surface area contributed by atoms with E-state index in [9.17, 15) is 9.59 Å². The molecule has 1 heterocycles. The van der Waals surface area contributed by atoms with Crippen molar-refractivity contribution in [3.05, 3.63) is 98.3 Å². The molecule has 0 aliphatic heterocycles. The van der Waals surface area contributed by atoms with Crippen molar-refractivity contribution in [2.24, 2.45) is 5.10 Å². The molecule has 34 heavy (non-hydrogen) atoms. The predicted octanol–water partition coefficient (Wildman–Crippen LogP) is 5.78. The van der Waals surface area contributed by atoms with Gasteiger partial charge in [0.1, 0.15) is 17.2 Å². The van der Waals surface area contributed by atoms with Crippen LogP contribution in [0.25, 0.3) is 10.1 Å². The summed E-state index contributed by atoms with van der Waals surface area (Å²) in [4.78, 5) is 25.0. The second kappa shape index (κ2) is 11.3. The molecule has 0 saturated carbocycles. The molecule has 0 saturated heterocycles. The number of hydrazone groups is 1. The molecule has 0 spiro atoms. The molecule has 2 amide bonds. The van der Waals surface area contributed by atoms with Crippen LogP contribution in [0.4, 0.5) is 0 Å². The summed E-state index contributed by atoms with van der Waals surface area (Å²) in [7, 11) is 0. The van der Waals surface area contributed by atoms with Crippen LogP contribution in [0.3, 0.4) is 0 Å². The summed E-state index contributed by atoms with van der Waals surface area (Å²) in [6, 6.07) is 22.7. The van der Waals surface area contributed by atoms with Gasteiger partial charge >= 0.3 is 0 Å². The van der Waals surface area contributed by atoms with E-state index in [2.05, 4.69) is 31.8 Å². The monoisotopic (exact) mass is 555 g/mol. The minimum Gasteiger partial charge on any atom is -0.488 e. The average molecular weight is 557 g/mol. The van der Waals surface area contributed by atoms with Crippen LogP contribution in [0.15, 0.2) is 82.4 Å². The number of carbonyl (C=O) groups excluding carboxylic acids is 2. The van der Waals surface area contributed by atoms with Gasteiger partial charge in [0.05, 0.1) is 17.8 Å². The summed E-state index contributed by atoms with van der Waals surface area (Å²) in [5.41, 5.74) is 4.15. The lowest BCUT2D eigenvalue weighted by Crippen LogP contribution is -2.34. The first kappa shape index (κ1) is 23.9. The van der Waals surface area contributed by atoms with Gasteiger partial charge in [-0.05, 0) is 35.9 Å². The van der Waals surface area contributed by atoms with Crippen LogP contribution < -0.4 is 15.5 Å². The fraction of sp³-hybridized carbons (Fsp3) is 0.0800. The molecule has 1 aromatic heterocycles. The van der Waals surface area contributed by atoms with Gasteiger partial charge in [-0.25, -0.2) is 5.43 Å². The average Bonchev–Trinajstić information content (AvgIpc) is 3.19. The van der Waals surface area contributed by atoms with E-state index in [1.54, 1.807) is 0 Å². The molecular formula is C25H19BrClN3O3S. The lowest BCUT2D eigenvalue weighted by atomic mass is 10.2. The Bertz CT molecular complexity index is 1360. The van der Waals surface area contributed by atoms with Crippen LogP contribution >= 0.6 is 38.9 Å². The zero-order valence-corrected chi connectivity index (χ0v) is 20.9. The zero-order chi connectivity index (χ0) is 23.9. The van der Waals surface area contributed by atoms with Gasteiger partial charge in [-0.2, -0.15) is 5.10 Å². The Morgan fingerprint density at radius 3 is 2.56 bits per heavy atom. The molecule has 0 atom stereocenters. The summed E-state index contributed by atoms with van der Waals surface area (Å²) in [6.45, 7) is 0.166. The molecule has 0 unspecified atom stereocenters. The first-order chi connectivity index (χ1) is 16.5. The van der Waals surface area contributed by atoms with E-state index in [4.69, 9.17) is 16.3 Å². The topological polar surface area (TPSA) is 79.8 Å². The number of fused-ring (bicyclic) bond motifs is 1. The highest BCUT2D eigenvalue weighted by Gasteiger charge is 2.17. The van der Waals surface area contributed by atoms with Crippen molar-refractivity contribution < 1.29 is 14.3 Å². The lowest BCUT2D eigenvalue weighted by Gasteiger charge is -2.09. The number of benzene rings is 3. The van der Waals surface area contributed by atoms with Gasteiger partial charge in [-0.15, -0.1) is 11.3 Å². The van der Waals surface area contributed by atoms with E-state index in [1.165, 1.54) is 17.6 Å². The summed E-state index contributed by atoms with van der Waals surface area (Å²) >= 11 is 11.0. The largest absolute Gasteiger partial charge is 0.488 e. The molecule has 4 rings (SSSR count). The Balaban J connectivity index is 1.30. The number of thiophene rings is 1. The summed E-state index contributed by atoms with van der Waals surface area (Å²) in [5.74, 6) is -0.233. The Hall–Kier alpha value is -3.20. The second-order valence-corrected chi connectivity index (χ2v) is 9.52. The third-order valence-corrected chi connectivity index (χ3v) is 6.97. The Morgan fingerprint density at radius 1 is 1.03 bits per heavy atom. The van der Waals surface area contributed by atoms with E-state index in [-0.39, 0.29) is 6.54 Å². The van der Waals surface area contributed by atoms with E-state index < -0.39 is 11.8 Å². The minimum absolute atomic E-state index is 0.234. The maximum atomic E-state index is 12.5. The van der Waals surface area contributed by atoms with Crippen LogP contribution in [0.5, 0.6) is 5.75 Å². The fourth-order valence-corrected chi connectivity index (χ4v) is 4.77. The number of para-hydroxylation sites is 1. The molecule has 2 N–H and O–H groups in total. The maximum Gasteiger partial charge on any atom is 0.263 e. The van der Waals surface area contributed by atoms with Gasteiger partial charge in [0.2, 0.25) is 0 Å². The highest BCUT2D eigenvalue weighted by molar-refractivity contribution is 9.10. The lowest BCUT2D eigenvalue weighted by molar-refractivity contribution is -0.120. The molecule has 3 aromatic carbocycles. The highest BCUT2D eigenvalue weighted by Crippen LogP contribution is 2.34. The smallest absolute Gasteiger partial charge is 0.263 e. The summed E-state index contributed by atoms with van der Waals surface area (Å²) in [5, 5.41) is 7.76. The number of hydrogen-bond donors (Lipinski definition) is 2. The molecule has 0 bridgehead atoms. The van der Waals surface area contributed by atoms with Gasteiger partial charge < -0.3 is 10.1 Å². The van der Waals surface area contributed by atoms with Crippen molar-refractivity contribution in [2.75, 3.05) is 6.54 Å². The number of halogens is 2. The van der Waals surface area contributed by atoms with Crippen molar-refractivity contribution >= 4 is 67.0 Å². The highest BCUT2D eigenvalue weighted by atomic mass is 79.9. The van der Waals surface area contributed by atoms with Crippen molar-refractivity contribution in [3.63, 3.8) is 0 Å². The van der Waals surface area contributed by atoms with Gasteiger partial charge in [0.25, 0.3) is 11.8 Å². The third-order valence-electron chi connectivity index (χ3n) is 4.77. The number of nitrogens with zero attached hydrogens (tertiary/aromatic N) is 1. The van der Waals surface area contributed by atoms with E-state index in [0.717, 1.165) is 20.1 Å². The molecule has 4 aromatic rings. The molecule has 172 valence electrons. The molecule has 0 aliphatic carbocycles. The molecule has 0 radical (unpaired) electrons. The second-order valence-electron chi connectivity index (χ2n) is 7.17. The van der Waals surface area contributed by atoms with Crippen molar-refractivity contribution in [3.8, 4) is 5.75 Å². The van der Waals surface area contributed by atoms with Gasteiger partial charge in [0.15, 0.2) is 0 Å². The molecule has 0 aliphatic rings. The normalized spacial score (nSPS) is 11.0. The molecule has 0 fully saturated rings. The Labute approximate surface area is 213 Å². The Morgan fingerprint density at radius 2 is 1.76 bits per heavy atom. The van der Waals surface area contributed by atoms with E-state index in [1.807, 2.05) is 72.8 Å². The van der Waals surface area contributed by atoms with E-state index in [0.29, 0.717) is 27.8 Å². The van der Waals surface area contributed by atoms with Gasteiger partial charge in [0, 0.05) is 20.1 Å². The van der Waals surface area contributed by atoms with Crippen LogP contribution in [-0.4, -0.2) is 24.6 Å².